The molecule has 1 aromatic rings. The number of nitrogen functional groups attached to an aromatic ring is 1. The second kappa shape index (κ2) is 5.41. The highest BCUT2D eigenvalue weighted by Gasteiger charge is 2.34. The number of sulfonamides is 1. The number of hydrogen-bond donors (Lipinski definition) is 2. The summed E-state index contributed by atoms with van der Waals surface area (Å²) in [5, 5.41) is -0.0567. The molecule has 0 spiro atoms. The van der Waals surface area contributed by atoms with Crippen LogP contribution in [0, 0.1) is 0 Å². The predicted octanol–water partition coefficient (Wildman–Crippen LogP) is 0.165. The van der Waals surface area contributed by atoms with Gasteiger partial charge in [-0.1, -0.05) is 0 Å². The summed E-state index contributed by atoms with van der Waals surface area (Å²) in [7, 11) is -3.67. The first-order chi connectivity index (χ1) is 8.95. The van der Waals surface area contributed by atoms with Crippen LogP contribution < -0.4 is 11.3 Å². The Hall–Kier alpha value is -1.22. The Kier molecular flexibility index (Phi) is 4.04. The van der Waals surface area contributed by atoms with Crippen LogP contribution in [-0.4, -0.2) is 43.0 Å². The molecule has 2 heterocycles. The van der Waals surface area contributed by atoms with Gasteiger partial charge in [0.1, 0.15) is 0 Å². The smallest absolute Gasteiger partial charge is 0.262 e. The van der Waals surface area contributed by atoms with Crippen LogP contribution in [0.4, 0.5) is 5.69 Å². The normalized spacial score (nSPS) is 25.2. The Morgan fingerprint density at radius 1 is 1.42 bits per heavy atom. The van der Waals surface area contributed by atoms with Crippen LogP contribution in [0.25, 0.3) is 0 Å². The summed E-state index contributed by atoms with van der Waals surface area (Å²) in [5.41, 5.74) is 2.65. The van der Waals surface area contributed by atoms with Crippen LogP contribution in [0.5, 0.6) is 0 Å². The molecule has 1 aliphatic rings. The fourth-order valence-corrected chi connectivity index (χ4v) is 3.81. The summed E-state index contributed by atoms with van der Waals surface area (Å²) in [5.74, 6) is 5.33. The predicted molar refractivity (Wildman–Crippen MR) is 70.8 cm³/mol. The van der Waals surface area contributed by atoms with E-state index in [-0.39, 0.29) is 22.9 Å². The molecule has 2 rings (SSSR count). The van der Waals surface area contributed by atoms with E-state index in [1.54, 1.807) is 12.1 Å². The van der Waals surface area contributed by atoms with Crippen LogP contribution in [0.15, 0.2) is 23.4 Å². The minimum atomic E-state index is -3.67. The maximum atomic E-state index is 12.6. The van der Waals surface area contributed by atoms with Gasteiger partial charge in [-0.3, -0.25) is 5.84 Å². The number of anilines is 1. The van der Waals surface area contributed by atoms with Crippen LogP contribution in [-0.2, 0) is 14.8 Å². The van der Waals surface area contributed by atoms with Crippen molar-refractivity contribution in [2.45, 2.75) is 31.1 Å². The summed E-state index contributed by atoms with van der Waals surface area (Å²) in [4.78, 5) is 3.93. The van der Waals surface area contributed by atoms with E-state index in [1.165, 1.54) is 10.5 Å². The molecule has 2 atom stereocenters. The van der Waals surface area contributed by atoms with Crippen LogP contribution >= 0.6 is 0 Å². The number of rotatable bonds is 3. The third-order valence-corrected chi connectivity index (χ3v) is 4.69. The Bertz CT molecular complexity index is 539. The molecule has 19 heavy (non-hydrogen) atoms. The molecule has 0 aliphatic carbocycles. The van der Waals surface area contributed by atoms with E-state index >= 15 is 0 Å². The van der Waals surface area contributed by atoms with Gasteiger partial charge in [0.2, 0.25) is 0 Å². The molecule has 0 radical (unpaired) electrons. The lowest BCUT2D eigenvalue weighted by atomic mass is 10.3. The van der Waals surface area contributed by atoms with Crippen molar-refractivity contribution in [3.8, 4) is 0 Å². The van der Waals surface area contributed by atoms with E-state index in [2.05, 4.69) is 10.4 Å². The number of pyridine rings is 1. The van der Waals surface area contributed by atoms with Gasteiger partial charge < -0.3 is 10.2 Å². The first-order valence-electron chi connectivity index (χ1n) is 6.02. The van der Waals surface area contributed by atoms with E-state index in [4.69, 9.17) is 10.6 Å². The Morgan fingerprint density at radius 2 is 2.05 bits per heavy atom. The second-order valence-electron chi connectivity index (χ2n) is 4.58. The van der Waals surface area contributed by atoms with Gasteiger partial charge in [0, 0.05) is 19.3 Å². The first kappa shape index (κ1) is 14.2. The average molecular weight is 286 g/mol. The minimum absolute atomic E-state index is 0.0567. The van der Waals surface area contributed by atoms with Gasteiger partial charge in [-0.25, -0.2) is 13.4 Å². The second-order valence-corrected chi connectivity index (χ2v) is 6.43. The maximum absolute atomic E-state index is 12.6. The van der Waals surface area contributed by atoms with Gasteiger partial charge in [-0.2, -0.15) is 4.31 Å². The monoisotopic (exact) mass is 286 g/mol. The van der Waals surface area contributed by atoms with Crippen LogP contribution in [0.1, 0.15) is 13.8 Å². The molecule has 7 nitrogen and oxygen atoms in total. The van der Waals surface area contributed by atoms with Gasteiger partial charge in [0.15, 0.2) is 5.03 Å². The fraction of sp³-hybridized carbons (Fsp3) is 0.545. The zero-order chi connectivity index (χ0) is 14.0. The largest absolute Gasteiger partial charge is 0.373 e. The number of nitrogens with one attached hydrogen (secondary N) is 1. The zero-order valence-corrected chi connectivity index (χ0v) is 11.7. The van der Waals surface area contributed by atoms with Gasteiger partial charge in [0.05, 0.1) is 17.9 Å². The quantitative estimate of drug-likeness (QED) is 0.607. The van der Waals surface area contributed by atoms with Crippen molar-refractivity contribution in [1.82, 2.24) is 9.29 Å². The number of hydrazine groups is 1. The number of nitrogens with zero attached hydrogens (tertiary/aromatic N) is 2. The fourth-order valence-electron chi connectivity index (χ4n) is 2.16. The summed E-state index contributed by atoms with van der Waals surface area (Å²) < 4.78 is 32.1. The van der Waals surface area contributed by atoms with Crippen LogP contribution in [0.2, 0.25) is 0 Å². The van der Waals surface area contributed by atoms with E-state index < -0.39 is 10.0 Å². The number of morpholine rings is 1. The Labute approximate surface area is 112 Å². The molecule has 8 heteroatoms. The van der Waals surface area contributed by atoms with Gasteiger partial charge >= 0.3 is 0 Å². The molecule has 0 saturated carbocycles. The highest BCUT2D eigenvalue weighted by molar-refractivity contribution is 7.89. The molecular formula is C11H18N4O3S. The topological polar surface area (TPSA) is 97.6 Å². The van der Waals surface area contributed by atoms with Gasteiger partial charge in [-0.05, 0) is 26.0 Å². The van der Waals surface area contributed by atoms with E-state index in [0.717, 1.165) is 0 Å². The number of nitrogens with two attached hydrogens (primary N) is 1. The van der Waals surface area contributed by atoms with E-state index in [1.807, 2.05) is 13.8 Å². The standard InChI is InChI=1S/C11H18N4O3S/c1-8-6-15(7-9(2)18-8)19(16,17)11-10(14-12)4-3-5-13-11/h3-5,8-9,14H,6-7,12H2,1-2H3. The summed E-state index contributed by atoms with van der Waals surface area (Å²) in [6.45, 7) is 4.32. The van der Waals surface area contributed by atoms with Gasteiger partial charge in [-0.15, -0.1) is 0 Å². The summed E-state index contributed by atoms with van der Waals surface area (Å²) in [6.07, 6.45) is 1.15. The molecule has 0 aromatic carbocycles. The van der Waals surface area contributed by atoms with E-state index in [0.29, 0.717) is 13.1 Å². The van der Waals surface area contributed by atoms with Crippen molar-refractivity contribution in [2.24, 2.45) is 5.84 Å². The summed E-state index contributed by atoms with van der Waals surface area (Å²) >= 11 is 0. The minimum Gasteiger partial charge on any atom is -0.373 e. The number of ether oxygens (including phenoxy) is 1. The molecule has 0 bridgehead atoms. The molecule has 1 aromatic heterocycles. The molecule has 1 aliphatic heterocycles. The van der Waals surface area contributed by atoms with Crippen molar-refractivity contribution < 1.29 is 13.2 Å². The number of aromatic nitrogens is 1. The molecule has 1 fully saturated rings. The third-order valence-electron chi connectivity index (χ3n) is 2.90. The first-order valence-corrected chi connectivity index (χ1v) is 7.46. The lowest BCUT2D eigenvalue weighted by Crippen LogP contribution is -2.48. The zero-order valence-electron chi connectivity index (χ0n) is 10.9. The van der Waals surface area contributed by atoms with Crippen LogP contribution in [0.3, 0.4) is 0 Å². The third kappa shape index (κ3) is 2.86. The molecule has 0 amide bonds. The van der Waals surface area contributed by atoms with Crippen molar-refractivity contribution >= 4 is 15.7 Å². The Morgan fingerprint density at radius 3 is 2.63 bits per heavy atom. The highest BCUT2D eigenvalue weighted by atomic mass is 32.2. The Balaban J connectivity index is 2.36. The lowest BCUT2D eigenvalue weighted by Gasteiger charge is -2.34. The van der Waals surface area contributed by atoms with E-state index in [9.17, 15) is 8.42 Å². The van der Waals surface area contributed by atoms with Crippen molar-refractivity contribution in [3.05, 3.63) is 18.3 Å². The van der Waals surface area contributed by atoms with Crippen molar-refractivity contribution in [1.29, 1.82) is 0 Å². The SMILES string of the molecule is CC1CN(S(=O)(=O)c2ncccc2NN)CC(C)O1. The molecule has 2 unspecified atom stereocenters. The molecular weight excluding hydrogens is 268 g/mol. The van der Waals surface area contributed by atoms with Crippen molar-refractivity contribution in [3.63, 3.8) is 0 Å². The lowest BCUT2D eigenvalue weighted by molar-refractivity contribution is -0.0441. The molecule has 3 N–H and O–H groups in total. The van der Waals surface area contributed by atoms with Crippen molar-refractivity contribution in [2.75, 3.05) is 18.5 Å². The maximum Gasteiger partial charge on any atom is 0.262 e. The molecule has 1 saturated heterocycles. The summed E-state index contributed by atoms with van der Waals surface area (Å²) in [6, 6.07) is 3.20. The molecule has 106 valence electrons. The average Bonchev–Trinajstić information content (AvgIpc) is 2.37. The highest BCUT2D eigenvalue weighted by Crippen LogP contribution is 2.24. The number of hydrogen-bond acceptors (Lipinski definition) is 6. The van der Waals surface area contributed by atoms with Gasteiger partial charge in [0.25, 0.3) is 10.0 Å².